The van der Waals surface area contributed by atoms with E-state index >= 15 is 0 Å². The highest BCUT2D eigenvalue weighted by Gasteiger charge is 2.31. The van der Waals surface area contributed by atoms with Crippen molar-refractivity contribution in [1.29, 1.82) is 0 Å². The first-order valence-corrected chi connectivity index (χ1v) is 11.6. The molecular weight excluding hydrogens is 604 g/mol. The molecule has 1 heterocycles. The Balaban J connectivity index is 1.84. The van der Waals surface area contributed by atoms with Crippen molar-refractivity contribution in [1.82, 2.24) is 5.32 Å². The molecule has 2 N–H and O–H groups in total. The molecule has 8 heteroatoms. The number of aromatic hydroxyl groups is 1. The van der Waals surface area contributed by atoms with E-state index in [9.17, 15) is 14.7 Å². The molecule has 2 aromatic rings. The molecule has 148 valence electrons. The van der Waals surface area contributed by atoms with E-state index in [0.717, 1.165) is 35.8 Å². The third-order valence-corrected chi connectivity index (χ3v) is 6.83. The Morgan fingerprint density at radius 3 is 2.32 bits per heavy atom. The molecule has 0 spiro atoms. The van der Waals surface area contributed by atoms with Crippen molar-refractivity contribution in [2.24, 2.45) is 0 Å². The van der Waals surface area contributed by atoms with Crippen LogP contribution in [0.25, 0.3) is 0 Å². The van der Waals surface area contributed by atoms with E-state index in [0.29, 0.717) is 12.2 Å². The summed E-state index contributed by atoms with van der Waals surface area (Å²) in [5.74, 6) is 1.40. The standard InChI is InChI=1S/C20H19I2NO4S/c1-20(2,3)12-9-11(4-5-15(12)24)27-17-13(21)6-10(7-14(17)22)8-16-18(25)23-19(26)28-16/h4-7,9,16,24H,8H2,1-3H3,(H,23,25,26). The van der Waals surface area contributed by atoms with Gasteiger partial charge in [-0.25, -0.2) is 0 Å². The molecule has 2 aromatic carbocycles. The maximum Gasteiger partial charge on any atom is 0.286 e. The number of nitrogens with one attached hydrogen (secondary N) is 1. The van der Waals surface area contributed by atoms with E-state index in [1.807, 2.05) is 39.0 Å². The van der Waals surface area contributed by atoms with Crippen LogP contribution >= 0.6 is 56.9 Å². The third kappa shape index (κ3) is 4.93. The van der Waals surface area contributed by atoms with Crippen LogP contribution in [0.5, 0.6) is 17.2 Å². The molecule has 28 heavy (non-hydrogen) atoms. The van der Waals surface area contributed by atoms with Crippen molar-refractivity contribution < 1.29 is 19.4 Å². The van der Waals surface area contributed by atoms with Gasteiger partial charge in [0.1, 0.15) is 11.5 Å². The average Bonchev–Trinajstić information content (AvgIpc) is 2.88. The van der Waals surface area contributed by atoms with Crippen molar-refractivity contribution in [2.45, 2.75) is 37.9 Å². The third-order valence-electron chi connectivity index (χ3n) is 4.24. The lowest BCUT2D eigenvalue weighted by molar-refractivity contribution is -0.118. The van der Waals surface area contributed by atoms with Crippen LogP contribution in [0.4, 0.5) is 4.79 Å². The molecule has 5 nitrogen and oxygen atoms in total. The molecule has 0 bridgehead atoms. The molecule has 1 aliphatic heterocycles. The van der Waals surface area contributed by atoms with Gasteiger partial charge in [-0.05, 0) is 92.9 Å². The summed E-state index contributed by atoms with van der Waals surface area (Å²) < 4.78 is 7.96. The monoisotopic (exact) mass is 623 g/mol. The Morgan fingerprint density at radius 2 is 1.79 bits per heavy atom. The number of carbonyl (C=O) groups excluding carboxylic acids is 2. The number of imide groups is 1. The smallest absolute Gasteiger partial charge is 0.286 e. The molecule has 3 rings (SSSR count). The Hall–Kier alpha value is -1.01. The van der Waals surface area contributed by atoms with Crippen LogP contribution < -0.4 is 10.1 Å². The summed E-state index contributed by atoms with van der Waals surface area (Å²) >= 11 is 5.46. The number of benzene rings is 2. The zero-order valence-corrected chi connectivity index (χ0v) is 20.6. The minimum atomic E-state index is -0.391. The van der Waals surface area contributed by atoms with Gasteiger partial charge >= 0.3 is 0 Å². The summed E-state index contributed by atoms with van der Waals surface area (Å²) in [4.78, 5) is 23.2. The number of halogens is 2. The SMILES string of the molecule is CC(C)(C)c1cc(Oc2c(I)cc(CC3SC(=O)NC3=O)cc2I)ccc1O. The Bertz CT molecular complexity index is 933. The summed E-state index contributed by atoms with van der Waals surface area (Å²) in [5.41, 5.74) is 1.59. The summed E-state index contributed by atoms with van der Waals surface area (Å²) in [6.45, 7) is 6.11. The molecule has 1 atom stereocenters. The van der Waals surface area contributed by atoms with Gasteiger partial charge in [0.25, 0.3) is 5.24 Å². The number of hydrogen-bond acceptors (Lipinski definition) is 5. The molecule has 1 unspecified atom stereocenters. The molecular formula is C20H19I2NO4S. The molecule has 0 radical (unpaired) electrons. The summed E-state index contributed by atoms with van der Waals surface area (Å²) in [7, 11) is 0. The highest BCUT2D eigenvalue weighted by atomic mass is 127. The predicted octanol–water partition coefficient (Wildman–Crippen LogP) is 5.59. The fourth-order valence-electron chi connectivity index (χ4n) is 2.87. The van der Waals surface area contributed by atoms with Crippen molar-refractivity contribution in [2.75, 3.05) is 0 Å². The minimum absolute atomic E-state index is 0.204. The molecule has 0 aliphatic carbocycles. The lowest BCUT2D eigenvalue weighted by atomic mass is 9.86. The van der Waals surface area contributed by atoms with Gasteiger partial charge in [0.2, 0.25) is 5.91 Å². The van der Waals surface area contributed by atoms with Gasteiger partial charge in [-0.15, -0.1) is 0 Å². The van der Waals surface area contributed by atoms with Crippen molar-refractivity contribution in [3.05, 3.63) is 48.6 Å². The maximum absolute atomic E-state index is 11.8. The number of amides is 2. The number of thioether (sulfide) groups is 1. The summed E-state index contributed by atoms with van der Waals surface area (Å²) in [6, 6.07) is 9.20. The molecule has 0 saturated carbocycles. The van der Waals surface area contributed by atoms with Crippen LogP contribution in [0.3, 0.4) is 0 Å². The second-order valence-corrected chi connectivity index (χ2v) is 11.0. The van der Waals surface area contributed by atoms with E-state index in [2.05, 4.69) is 50.5 Å². The molecule has 2 amide bonds. The van der Waals surface area contributed by atoms with Gasteiger partial charge in [0.15, 0.2) is 5.75 Å². The molecule has 1 fully saturated rings. The Labute approximate surface area is 195 Å². The topological polar surface area (TPSA) is 75.6 Å². The van der Waals surface area contributed by atoms with E-state index in [4.69, 9.17) is 4.74 Å². The zero-order valence-electron chi connectivity index (χ0n) is 15.5. The van der Waals surface area contributed by atoms with Crippen LogP contribution in [-0.4, -0.2) is 21.5 Å². The van der Waals surface area contributed by atoms with Gasteiger partial charge in [-0.1, -0.05) is 32.5 Å². The first-order chi connectivity index (χ1) is 13.0. The van der Waals surface area contributed by atoms with E-state index in [-0.39, 0.29) is 22.3 Å². The van der Waals surface area contributed by atoms with Crippen LogP contribution in [0, 0.1) is 7.14 Å². The highest BCUT2D eigenvalue weighted by Crippen LogP contribution is 2.38. The summed E-state index contributed by atoms with van der Waals surface area (Å²) in [6.07, 6.45) is 0.488. The minimum Gasteiger partial charge on any atom is -0.508 e. The lowest BCUT2D eigenvalue weighted by Crippen LogP contribution is -2.25. The van der Waals surface area contributed by atoms with Crippen LogP contribution in [0.1, 0.15) is 31.9 Å². The predicted molar refractivity (Wildman–Crippen MR) is 127 cm³/mol. The highest BCUT2D eigenvalue weighted by molar-refractivity contribution is 14.1. The Kier molecular flexibility index (Phi) is 6.50. The maximum atomic E-state index is 11.8. The van der Waals surface area contributed by atoms with Crippen molar-refractivity contribution in [3.8, 4) is 17.2 Å². The van der Waals surface area contributed by atoms with Crippen molar-refractivity contribution >= 4 is 68.1 Å². The number of phenolic OH excluding ortho intramolecular Hbond substituents is 1. The second-order valence-electron chi connectivity index (χ2n) is 7.51. The number of hydrogen-bond donors (Lipinski definition) is 2. The molecule has 1 saturated heterocycles. The normalized spacial score (nSPS) is 17.0. The Morgan fingerprint density at radius 1 is 1.14 bits per heavy atom. The number of phenols is 1. The van der Waals surface area contributed by atoms with Gasteiger partial charge in [-0.3, -0.25) is 14.9 Å². The molecule has 0 aromatic heterocycles. The van der Waals surface area contributed by atoms with Crippen LogP contribution in [-0.2, 0) is 16.6 Å². The fourth-order valence-corrected chi connectivity index (χ4v) is 5.84. The van der Waals surface area contributed by atoms with Gasteiger partial charge in [0, 0.05) is 5.56 Å². The zero-order chi connectivity index (χ0) is 20.6. The first-order valence-electron chi connectivity index (χ1n) is 8.55. The number of rotatable bonds is 4. The van der Waals surface area contributed by atoms with Crippen LogP contribution in [0.15, 0.2) is 30.3 Å². The summed E-state index contributed by atoms with van der Waals surface area (Å²) in [5, 5.41) is 11.8. The quantitative estimate of drug-likeness (QED) is 0.435. The van der Waals surface area contributed by atoms with E-state index < -0.39 is 5.25 Å². The second kappa shape index (κ2) is 8.39. The van der Waals surface area contributed by atoms with Gasteiger partial charge in [-0.2, -0.15) is 0 Å². The molecule has 1 aliphatic rings. The van der Waals surface area contributed by atoms with Gasteiger partial charge < -0.3 is 9.84 Å². The van der Waals surface area contributed by atoms with E-state index in [1.54, 1.807) is 12.1 Å². The van der Waals surface area contributed by atoms with Gasteiger partial charge in [0.05, 0.1) is 12.4 Å². The number of carbonyl (C=O) groups is 2. The lowest BCUT2D eigenvalue weighted by Gasteiger charge is -2.21. The largest absolute Gasteiger partial charge is 0.508 e. The van der Waals surface area contributed by atoms with Crippen LogP contribution in [0.2, 0.25) is 0 Å². The average molecular weight is 623 g/mol. The number of ether oxygens (including phenoxy) is 1. The van der Waals surface area contributed by atoms with Crippen molar-refractivity contribution in [3.63, 3.8) is 0 Å². The first kappa shape index (κ1) is 21.7. The fraction of sp³-hybridized carbons (Fsp3) is 0.300. The van der Waals surface area contributed by atoms with E-state index in [1.165, 1.54) is 0 Å².